The van der Waals surface area contributed by atoms with Crippen molar-refractivity contribution < 1.29 is 4.79 Å². The molecule has 1 heterocycles. The van der Waals surface area contributed by atoms with Gasteiger partial charge in [0, 0.05) is 43.9 Å². The quantitative estimate of drug-likeness (QED) is 0.306. The van der Waals surface area contributed by atoms with E-state index in [2.05, 4.69) is 20.9 Å². The summed E-state index contributed by atoms with van der Waals surface area (Å²) in [5.74, 6) is 0.700. The zero-order chi connectivity index (χ0) is 19.8. The van der Waals surface area contributed by atoms with E-state index in [-0.39, 0.29) is 30.0 Å². The molecule has 0 aliphatic carbocycles. The summed E-state index contributed by atoms with van der Waals surface area (Å²) in [5, 5.41) is 10.3. The highest BCUT2D eigenvalue weighted by atomic mass is 127. The number of hydrogen-bond acceptors (Lipinski definition) is 2. The van der Waals surface area contributed by atoms with Gasteiger partial charge in [-0.25, -0.2) is 4.79 Å². The van der Waals surface area contributed by atoms with Crippen molar-refractivity contribution in [2.75, 3.05) is 25.5 Å². The fraction of sp³-hybridized carbons (Fsp3) is 0.333. The van der Waals surface area contributed by atoms with Crippen LogP contribution in [-0.2, 0) is 13.1 Å². The third kappa shape index (κ3) is 7.40. The van der Waals surface area contributed by atoms with E-state index in [0.29, 0.717) is 19.0 Å². The zero-order valence-electron chi connectivity index (χ0n) is 16.5. The molecule has 6 nitrogen and oxygen atoms in total. The van der Waals surface area contributed by atoms with E-state index < -0.39 is 0 Å². The molecule has 156 valence electrons. The van der Waals surface area contributed by atoms with E-state index in [1.807, 2.05) is 53.4 Å². The number of halogens is 2. The lowest BCUT2D eigenvalue weighted by atomic mass is 10.2. The lowest BCUT2D eigenvalue weighted by molar-refractivity contribution is 0.222. The van der Waals surface area contributed by atoms with Crippen LogP contribution in [0.15, 0.2) is 53.5 Å². The number of benzene rings is 2. The number of carbonyl (C=O) groups is 1. The Balaban J connectivity index is 0.00000300. The van der Waals surface area contributed by atoms with Crippen molar-refractivity contribution in [1.29, 1.82) is 0 Å². The minimum absolute atomic E-state index is 0. The monoisotopic (exact) mass is 527 g/mol. The number of amides is 2. The number of rotatable bonds is 5. The molecular weight excluding hydrogens is 501 g/mol. The average Bonchev–Trinajstić information content (AvgIpc) is 3.23. The van der Waals surface area contributed by atoms with Gasteiger partial charge in [0.25, 0.3) is 0 Å². The van der Waals surface area contributed by atoms with Crippen LogP contribution in [-0.4, -0.2) is 37.0 Å². The number of urea groups is 1. The maximum Gasteiger partial charge on any atom is 0.321 e. The smallest absolute Gasteiger partial charge is 0.321 e. The summed E-state index contributed by atoms with van der Waals surface area (Å²) in [6, 6.07) is 15.5. The third-order valence-electron chi connectivity index (χ3n) is 4.60. The van der Waals surface area contributed by atoms with Crippen molar-refractivity contribution in [3.8, 4) is 0 Å². The summed E-state index contributed by atoms with van der Waals surface area (Å²) in [4.78, 5) is 18.3. The molecule has 8 heteroatoms. The molecule has 0 saturated carbocycles. The first-order chi connectivity index (χ1) is 13.6. The Morgan fingerprint density at radius 2 is 1.66 bits per heavy atom. The summed E-state index contributed by atoms with van der Waals surface area (Å²) in [5.41, 5.74) is 2.95. The molecule has 0 bridgehead atoms. The lowest BCUT2D eigenvalue weighted by Crippen LogP contribution is -2.36. The number of anilines is 1. The summed E-state index contributed by atoms with van der Waals surface area (Å²) in [6.07, 6.45) is 2.16. The second-order valence-electron chi connectivity index (χ2n) is 6.73. The van der Waals surface area contributed by atoms with Crippen LogP contribution in [0.1, 0.15) is 24.0 Å². The van der Waals surface area contributed by atoms with Gasteiger partial charge in [0.1, 0.15) is 0 Å². The van der Waals surface area contributed by atoms with E-state index in [1.54, 1.807) is 7.05 Å². The molecule has 0 radical (unpaired) electrons. The van der Waals surface area contributed by atoms with E-state index in [4.69, 9.17) is 11.6 Å². The summed E-state index contributed by atoms with van der Waals surface area (Å²) in [7, 11) is 1.74. The van der Waals surface area contributed by atoms with Crippen LogP contribution in [0.5, 0.6) is 0 Å². The van der Waals surface area contributed by atoms with Crippen LogP contribution in [0.25, 0.3) is 0 Å². The number of guanidine groups is 1. The van der Waals surface area contributed by atoms with E-state index in [9.17, 15) is 4.79 Å². The van der Waals surface area contributed by atoms with Crippen LogP contribution < -0.4 is 16.0 Å². The Bertz CT molecular complexity index is 839. The molecule has 0 spiro atoms. The van der Waals surface area contributed by atoms with Gasteiger partial charge in [-0.1, -0.05) is 35.9 Å². The summed E-state index contributed by atoms with van der Waals surface area (Å²) >= 11 is 6.02. The normalized spacial score (nSPS) is 13.6. The van der Waals surface area contributed by atoms with Crippen LogP contribution in [0.4, 0.5) is 10.5 Å². The van der Waals surface area contributed by atoms with E-state index >= 15 is 0 Å². The van der Waals surface area contributed by atoms with Crippen molar-refractivity contribution in [3.05, 3.63) is 64.7 Å². The maximum atomic E-state index is 12.2. The Morgan fingerprint density at radius 3 is 2.28 bits per heavy atom. The maximum absolute atomic E-state index is 12.2. The van der Waals surface area contributed by atoms with Gasteiger partial charge < -0.3 is 20.9 Å². The molecule has 0 unspecified atom stereocenters. The number of nitrogens with one attached hydrogen (secondary N) is 3. The predicted molar refractivity (Wildman–Crippen MR) is 130 cm³/mol. The van der Waals surface area contributed by atoms with Crippen LogP contribution >= 0.6 is 35.6 Å². The van der Waals surface area contributed by atoms with Crippen LogP contribution in [0.2, 0.25) is 5.02 Å². The van der Waals surface area contributed by atoms with Gasteiger partial charge in [-0.05, 0) is 48.2 Å². The van der Waals surface area contributed by atoms with Crippen molar-refractivity contribution in [2.24, 2.45) is 4.99 Å². The first-order valence-electron chi connectivity index (χ1n) is 9.48. The molecule has 0 aromatic heterocycles. The zero-order valence-corrected chi connectivity index (χ0v) is 19.5. The third-order valence-corrected chi connectivity index (χ3v) is 4.84. The topological polar surface area (TPSA) is 68.8 Å². The molecule has 2 aromatic rings. The lowest BCUT2D eigenvalue weighted by Gasteiger charge is -2.17. The number of likely N-dealkylation sites (tertiary alicyclic amines) is 1. The van der Waals surface area contributed by atoms with E-state index in [1.165, 1.54) is 0 Å². The average molecular weight is 528 g/mol. The molecule has 1 saturated heterocycles. The van der Waals surface area contributed by atoms with Crippen molar-refractivity contribution in [1.82, 2.24) is 15.5 Å². The molecule has 3 N–H and O–H groups in total. The number of nitrogens with zero attached hydrogens (tertiary/aromatic N) is 2. The summed E-state index contributed by atoms with van der Waals surface area (Å²) in [6.45, 7) is 2.90. The highest BCUT2D eigenvalue weighted by Gasteiger charge is 2.17. The largest absolute Gasteiger partial charge is 0.352 e. The molecule has 2 amide bonds. The second kappa shape index (κ2) is 11.9. The standard InChI is InChI=1S/C21H26ClN5O.HI/c1-23-20(24-14-16-6-4-8-18(22)12-16)25-15-17-7-5-9-19(13-17)26-21(28)27-10-2-3-11-27;/h4-9,12-13H,2-3,10-11,14-15H2,1H3,(H,26,28)(H2,23,24,25);1H. The molecule has 1 aliphatic heterocycles. The number of hydrogen-bond donors (Lipinski definition) is 3. The highest BCUT2D eigenvalue weighted by Crippen LogP contribution is 2.14. The van der Waals surface area contributed by atoms with Crippen LogP contribution in [0, 0.1) is 0 Å². The Kier molecular flexibility index (Phi) is 9.53. The first kappa shape index (κ1) is 23.3. The first-order valence-corrected chi connectivity index (χ1v) is 9.85. The highest BCUT2D eigenvalue weighted by molar-refractivity contribution is 14.0. The van der Waals surface area contributed by atoms with Gasteiger partial charge in [-0.15, -0.1) is 24.0 Å². The Labute approximate surface area is 194 Å². The minimum atomic E-state index is -0.0263. The molecule has 2 aromatic carbocycles. The summed E-state index contributed by atoms with van der Waals surface area (Å²) < 4.78 is 0. The molecule has 29 heavy (non-hydrogen) atoms. The molecule has 1 fully saturated rings. The van der Waals surface area contributed by atoms with Gasteiger partial charge in [0.2, 0.25) is 0 Å². The second-order valence-corrected chi connectivity index (χ2v) is 7.17. The van der Waals surface area contributed by atoms with Gasteiger partial charge in [-0.2, -0.15) is 0 Å². The van der Waals surface area contributed by atoms with E-state index in [0.717, 1.165) is 47.8 Å². The predicted octanol–water partition coefficient (Wildman–Crippen LogP) is 4.45. The van der Waals surface area contributed by atoms with Crippen LogP contribution in [0.3, 0.4) is 0 Å². The van der Waals surface area contributed by atoms with Crippen molar-refractivity contribution in [3.63, 3.8) is 0 Å². The van der Waals surface area contributed by atoms with Gasteiger partial charge in [0.15, 0.2) is 5.96 Å². The Morgan fingerprint density at radius 1 is 1.03 bits per heavy atom. The van der Waals surface area contributed by atoms with Gasteiger partial charge in [-0.3, -0.25) is 4.99 Å². The number of carbonyl (C=O) groups excluding carboxylic acids is 1. The molecular formula is C21H27ClIN5O. The molecule has 3 rings (SSSR count). The SMILES string of the molecule is CN=C(NCc1cccc(Cl)c1)NCc1cccc(NC(=O)N2CCCC2)c1.I. The minimum Gasteiger partial charge on any atom is -0.352 e. The van der Waals surface area contributed by atoms with Crippen molar-refractivity contribution >= 4 is 53.3 Å². The fourth-order valence-corrected chi connectivity index (χ4v) is 3.33. The molecule has 0 atom stereocenters. The van der Waals surface area contributed by atoms with Crippen molar-refractivity contribution in [2.45, 2.75) is 25.9 Å². The fourth-order valence-electron chi connectivity index (χ4n) is 3.12. The Hall–Kier alpha value is -2.00. The number of aliphatic imine (C=N–C) groups is 1. The van der Waals surface area contributed by atoms with Gasteiger partial charge in [0.05, 0.1) is 0 Å². The van der Waals surface area contributed by atoms with Gasteiger partial charge >= 0.3 is 6.03 Å². The molecule has 1 aliphatic rings.